The molecule has 0 radical (unpaired) electrons. The summed E-state index contributed by atoms with van der Waals surface area (Å²) in [5.41, 5.74) is -0.590. The Morgan fingerprint density at radius 3 is 2.75 bits per heavy atom. The average molecular weight is 278 g/mol. The van der Waals surface area contributed by atoms with Crippen molar-refractivity contribution >= 4 is 17.7 Å². The van der Waals surface area contributed by atoms with E-state index in [-0.39, 0.29) is 17.3 Å². The van der Waals surface area contributed by atoms with Crippen molar-refractivity contribution in [2.45, 2.75) is 25.3 Å². The summed E-state index contributed by atoms with van der Waals surface area (Å²) < 4.78 is 13.6. The van der Waals surface area contributed by atoms with E-state index in [9.17, 15) is 14.0 Å². The minimum absolute atomic E-state index is 0.0138. The van der Waals surface area contributed by atoms with E-state index in [0.717, 1.165) is 25.3 Å². The number of hydrogen-bond donors (Lipinski definition) is 3. The first-order valence-corrected chi connectivity index (χ1v) is 6.32. The van der Waals surface area contributed by atoms with Crippen molar-refractivity contribution in [3.05, 3.63) is 41.7 Å². The van der Waals surface area contributed by atoms with Crippen LogP contribution in [0.1, 0.15) is 29.6 Å². The summed E-state index contributed by atoms with van der Waals surface area (Å²) in [6.07, 6.45) is 6.42. The van der Waals surface area contributed by atoms with Crippen LogP contribution < -0.4 is 10.6 Å². The Labute approximate surface area is 115 Å². The molecule has 1 atom stereocenters. The Kier molecular flexibility index (Phi) is 4.34. The Balaban J connectivity index is 2.07. The fourth-order valence-corrected chi connectivity index (χ4v) is 2.09. The topological polar surface area (TPSA) is 78.4 Å². The summed E-state index contributed by atoms with van der Waals surface area (Å²) in [6.45, 7) is 0. The number of para-hydroxylation sites is 1. The van der Waals surface area contributed by atoms with E-state index >= 15 is 0 Å². The molecule has 106 valence electrons. The van der Waals surface area contributed by atoms with E-state index in [0.29, 0.717) is 0 Å². The molecule has 0 aliphatic heterocycles. The lowest BCUT2D eigenvalue weighted by Crippen LogP contribution is -2.38. The zero-order chi connectivity index (χ0) is 14.5. The fourth-order valence-electron chi connectivity index (χ4n) is 2.09. The largest absolute Gasteiger partial charge is 0.478 e. The molecule has 0 heterocycles. The maximum Gasteiger partial charge on any atom is 0.337 e. The highest BCUT2D eigenvalue weighted by atomic mass is 19.1. The summed E-state index contributed by atoms with van der Waals surface area (Å²) >= 11 is 0. The fraction of sp³-hybridized carbons (Fsp3) is 0.286. The Hall–Kier alpha value is -2.37. The van der Waals surface area contributed by atoms with Crippen molar-refractivity contribution in [2.24, 2.45) is 0 Å². The lowest BCUT2D eigenvalue weighted by Gasteiger charge is -2.20. The minimum atomic E-state index is -1.29. The molecule has 1 aliphatic carbocycles. The van der Waals surface area contributed by atoms with Gasteiger partial charge in [-0.05, 0) is 31.4 Å². The predicted octanol–water partition coefficient (Wildman–Crippen LogP) is 2.75. The van der Waals surface area contributed by atoms with Crippen LogP contribution in [0.25, 0.3) is 0 Å². The molecule has 1 aliphatic rings. The highest BCUT2D eigenvalue weighted by Crippen LogP contribution is 2.20. The number of hydrogen-bond acceptors (Lipinski definition) is 2. The van der Waals surface area contributed by atoms with Crippen molar-refractivity contribution in [3.8, 4) is 0 Å². The van der Waals surface area contributed by atoms with Crippen LogP contribution in [-0.2, 0) is 0 Å². The molecule has 0 aromatic heterocycles. The van der Waals surface area contributed by atoms with Gasteiger partial charge in [-0.2, -0.15) is 0 Å². The molecule has 0 fully saturated rings. The number of amides is 2. The third-order valence-corrected chi connectivity index (χ3v) is 3.09. The van der Waals surface area contributed by atoms with E-state index in [4.69, 9.17) is 5.11 Å². The van der Waals surface area contributed by atoms with Crippen molar-refractivity contribution < 1.29 is 19.1 Å². The van der Waals surface area contributed by atoms with Gasteiger partial charge in [-0.25, -0.2) is 14.0 Å². The molecule has 1 unspecified atom stereocenters. The van der Waals surface area contributed by atoms with Crippen molar-refractivity contribution in [1.29, 1.82) is 0 Å². The normalized spacial score (nSPS) is 17.6. The van der Waals surface area contributed by atoms with Crippen LogP contribution in [0.15, 0.2) is 30.4 Å². The second-order valence-electron chi connectivity index (χ2n) is 4.55. The second kappa shape index (κ2) is 6.18. The number of allylic oxidation sites excluding steroid dienone is 1. The van der Waals surface area contributed by atoms with Gasteiger partial charge in [-0.15, -0.1) is 0 Å². The SMILES string of the molecule is O=C(Nc1c(F)cccc1C(=O)O)NC1CC=CCC1. The summed E-state index contributed by atoms with van der Waals surface area (Å²) in [4.78, 5) is 22.8. The van der Waals surface area contributed by atoms with Crippen LogP contribution in [-0.4, -0.2) is 23.1 Å². The molecule has 0 saturated carbocycles. The molecular weight excluding hydrogens is 263 g/mol. The predicted molar refractivity (Wildman–Crippen MR) is 72.3 cm³/mol. The molecule has 2 amide bonds. The number of carbonyl (C=O) groups excluding carboxylic acids is 1. The van der Waals surface area contributed by atoms with E-state index in [1.54, 1.807) is 0 Å². The number of urea groups is 1. The first-order chi connectivity index (χ1) is 9.58. The molecule has 1 aromatic carbocycles. The molecule has 1 aromatic rings. The smallest absolute Gasteiger partial charge is 0.337 e. The Morgan fingerprint density at radius 1 is 1.30 bits per heavy atom. The van der Waals surface area contributed by atoms with E-state index in [2.05, 4.69) is 10.6 Å². The average Bonchev–Trinajstić information content (AvgIpc) is 2.42. The molecular formula is C14H15FN2O3. The van der Waals surface area contributed by atoms with E-state index in [1.807, 2.05) is 12.2 Å². The molecule has 0 bridgehead atoms. The third-order valence-electron chi connectivity index (χ3n) is 3.09. The van der Waals surface area contributed by atoms with Crippen LogP contribution in [0, 0.1) is 5.82 Å². The van der Waals surface area contributed by atoms with Crippen molar-refractivity contribution in [1.82, 2.24) is 5.32 Å². The molecule has 3 N–H and O–H groups in total. The zero-order valence-corrected chi connectivity index (χ0v) is 10.7. The Bertz CT molecular complexity index is 557. The number of carboxylic acid groups (broad SMARTS) is 1. The molecule has 6 heteroatoms. The summed E-state index contributed by atoms with van der Waals surface area (Å²) in [5.74, 6) is -2.07. The van der Waals surface area contributed by atoms with Gasteiger partial charge in [-0.3, -0.25) is 0 Å². The van der Waals surface area contributed by atoms with Crippen LogP contribution in [0.4, 0.5) is 14.9 Å². The van der Waals surface area contributed by atoms with Gasteiger partial charge in [0.25, 0.3) is 0 Å². The van der Waals surface area contributed by atoms with Gasteiger partial charge in [0.15, 0.2) is 0 Å². The van der Waals surface area contributed by atoms with Crippen molar-refractivity contribution in [3.63, 3.8) is 0 Å². The highest BCUT2D eigenvalue weighted by Gasteiger charge is 2.18. The highest BCUT2D eigenvalue weighted by molar-refractivity contribution is 6.00. The molecule has 5 nitrogen and oxygen atoms in total. The number of nitrogens with one attached hydrogen (secondary N) is 2. The third kappa shape index (κ3) is 3.34. The lowest BCUT2D eigenvalue weighted by molar-refractivity contribution is 0.0697. The monoisotopic (exact) mass is 278 g/mol. The molecule has 0 saturated heterocycles. The molecule has 20 heavy (non-hydrogen) atoms. The standard InChI is InChI=1S/C14H15FN2O3/c15-11-8-4-7-10(13(18)19)12(11)17-14(20)16-9-5-2-1-3-6-9/h1-2,4,7-9H,3,5-6H2,(H,18,19)(H2,16,17,20). The summed E-state index contributed by atoms with van der Waals surface area (Å²) in [7, 11) is 0. The van der Waals surface area contributed by atoms with Gasteiger partial charge >= 0.3 is 12.0 Å². The maximum atomic E-state index is 13.6. The lowest BCUT2D eigenvalue weighted by atomic mass is 10.0. The summed E-state index contributed by atoms with van der Waals surface area (Å²) in [5, 5.41) is 14.0. The number of aromatic carboxylic acids is 1. The van der Waals surface area contributed by atoms with Crippen molar-refractivity contribution in [2.75, 3.05) is 5.32 Å². The number of benzene rings is 1. The van der Waals surface area contributed by atoms with Gasteiger partial charge in [0.05, 0.1) is 11.3 Å². The number of halogens is 1. The van der Waals surface area contributed by atoms with Gasteiger partial charge in [0.1, 0.15) is 5.82 Å². The molecule has 0 spiro atoms. The van der Waals surface area contributed by atoms with Crippen LogP contribution >= 0.6 is 0 Å². The summed E-state index contributed by atoms with van der Waals surface area (Å²) in [6, 6.07) is 3.02. The van der Waals surface area contributed by atoms with E-state index < -0.39 is 17.8 Å². The van der Waals surface area contributed by atoms with E-state index in [1.165, 1.54) is 12.1 Å². The minimum Gasteiger partial charge on any atom is -0.478 e. The van der Waals surface area contributed by atoms with Crippen LogP contribution in [0.5, 0.6) is 0 Å². The van der Waals surface area contributed by atoms with Crippen LogP contribution in [0.2, 0.25) is 0 Å². The first-order valence-electron chi connectivity index (χ1n) is 6.32. The molecule has 2 rings (SSSR count). The van der Waals surface area contributed by atoms with Gasteiger partial charge in [-0.1, -0.05) is 18.2 Å². The van der Waals surface area contributed by atoms with Crippen LogP contribution in [0.3, 0.4) is 0 Å². The van der Waals surface area contributed by atoms with Gasteiger partial charge < -0.3 is 15.7 Å². The first kappa shape index (κ1) is 14.0. The number of carbonyl (C=O) groups is 2. The number of carboxylic acids is 1. The quantitative estimate of drug-likeness (QED) is 0.744. The second-order valence-corrected chi connectivity index (χ2v) is 4.55. The van der Waals surface area contributed by atoms with Gasteiger partial charge in [0, 0.05) is 6.04 Å². The van der Waals surface area contributed by atoms with Gasteiger partial charge in [0.2, 0.25) is 0 Å². The number of anilines is 1. The Morgan fingerprint density at radius 2 is 2.10 bits per heavy atom. The maximum absolute atomic E-state index is 13.6. The zero-order valence-electron chi connectivity index (χ0n) is 10.7. The number of rotatable bonds is 3.